The van der Waals surface area contributed by atoms with Gasteiger partial charge in [0.05, 0.1) is 12.7 Å². The van der Waals surface area contributed by atoms with Crippen LogP contribution in [0.25, 0.3) is 28.1 Å². The van der Waals surface area contributed by atoms with E-state index in [4.69, 9.17) is 13.6 Å². The monoisotopic (exact) mass is 480 g/mol. The van der Waals surface area contributed by atoms with Gasteiger partial charge in [-0.15, -0.1) is 5.10 Å². The number of hydrogen-bond acceptors (Lipinski definition) is 6. The number of imidazole rings is 1. The molecule has 0 spiro atoms. The summed E-state index contributed by atoms with van der Waals surface area (Å²) >= 11 is 0. The molecular formula is C25H32N4O4Si. The number of ether oxygens (including phenoxy) is 1. The average molecular weight is 481 g/mol. The van der Waals surface area contributed by atoms with E-state index in [1.54, 1.807) is 16.8 Å². The molecular weight excluding hydrogens is 448 g/mol. The van der Waals surface area contributed by atoms with Gasteiger partial charge in [-0.3, -0.25) is 4.79 Å². The van der Waals surface area contributed by atoms with Gasteiger partial charge in [-0.05, 0) is 49.3 Å². The zero-order valence-electron chi connectivity index (χ0n) is 20.8. The van der Waals surface area contributed by atoms with Gasteiger partial charge in [0.1, 0.15) is 23.1 Å². The molecule has 1 amide bonds. The van der Waals surface area contributed by atoms with Crippen molar-refractivity contribution in [3.63, 3.8) is 0 Å². The van der Waals surface area contributed by atoms with E-state index < -0.39 is 8.32 Å². The molecule has 34 heavy (non-hydrogen) atoms. The molecule has 1 aromatic carbocycles. The zero-order chi connectivity index (χ0) is 24.7. The molecule has 0 radical (unpaired) electrons. The normalized spacial score (nSPS) is 13.3. The molecule has 4 aromatic rings. The highest BCUT2D eigenvalue weighted by Crippen LogP contribution is 2.38. The predicted molar refractivity (Wildman–Crippen MR) is 135 cm³/mol. The number of carbonyl (C=O) groups excluding carboxylic acids is 1. The summed E-state index contributed by atoms with van der Waals surface area (Å²) in [6, 6.07) is 11.5. The molecule has 0 saturated carbocycles. The maximum absolute atomic E-state index is 11.1. The highest BCUT2D eigenvalue weighted by Gasteiger charge is 2.39. The summed E-state index contributed by atoms with van der Waals surface area (Å²) in [5.41, 5.74) is 2.15. The van der Waals surface area contributed by atoms with Crippen LogP contribution >= 0.6 is 0 Å². The summed E-state index contributed by atoms with van der Waals surface area (Å²) in [6.45, 7) is 14.9. The first kappa shape index (κ1) is 23.8. The molecule has 1 N–H and O–H groups in total. The number of aromatic nitrogens is 3. The molecule has 0 unspecified atom stereocenters. The Morgan fingerprint density at radius 2 is 1.97 bits per heavy atom. The second-order valence-electron chi connectivity index (χ2n) is 10.1. The Labute approximate surface area is 200 Å². The first-order chi connectivity index (χ1) is 15.9. The number of benzene rings is 1. The van der Waals surface area contributed by atoms with Crippen molar-refractivity contribution in [1.29, 1.82) is 0 Å². The van der Waals surface area contributed by atoms with Gasteiger partial charge in [-0.1, -0.05) is 20.8 Å². The number of nitrogens with one attached hydrogen (secondary N) is 1. The van der Waals surface area contributed by atoms with Gasteiger partial charge >= 0.3 is 0 Å². The second-order valence-corrected chi connectivity index (χ2v) is 14.8. The van der Waals surface area contributed by atoms with Crippen molar-refractivity contribution in [2.45, 2.75) is 58.9 Å². The lowest BCUT2D eigenvalue weighted by Gasteiger charge is -2.36. The number of hydrogen-bond donors (Lipinski definition) is 1. The minimum absolute atomic E-state index is 0.0986. The Kier molecular flexibility index (Phi) is 6.16. The van der Waals surface area contributed by atoms with Gasteiger partial charge in [0.2, 0.25) is 20.1 Å². The van der Waals surface area contributed by atoms with Gasteiger partial charge in [-0.25, -0.2) is 9.50 Å². The van der Waals surface area contributed by atoms with E-state index in [-0.39, 0.29) is 17.0 Å². The number of amides is 1. The van der Waals surface area contributed by atoms with E-state index in [0.717, 1.165) is 22.4 Å². The largest absolute Gasteiger partial charge is 0.543 e. The Morgan fingerprint density at radius 3 is 2.68 bits per heavy atom. The van der Waals surface area contributed by atoms with Crippen molar-refractivity contribution in [2.24, 2.45) is 0 Å². The van der Waals surface area contributed by atoms with Crippen molar-refractivity contribution in [2.75, 3.05) is 6.54 Å². The van der Waals surface area contributed by atoms with Crippen LogP contribution in [-0.2, 0) is 4.79 Å². The standard InChI is InChI=1S/C25H32N4O4Si/c1-16(14-26-17(2)30)31-24-11-10-23-27-15-20(29(23)28-24)22-12-18-8-9-19(13-21(18)32-22)33-34(6,7)25(3,4)5/h8-13,15-16H,14H2,1-7H3,(H,26,30)/t16-/m1/s1. The molecule has 3 heterocycles. The molecule has 0 saturated heterocycles. The van der Waals surface area contributed by atoms with Crippen LogP contribution in [0, 0.1) is 0 Å². The highest BCUT2D eigenvalue weighted by atomic mass is 28.4. The van der Waals surface area contributed by atoms with Crippen LogP contribution in [0.1, 0.15) is 34.6 Å². The van der Waals surface area contributed by atoms with Crippen molar-refractivity contribution in [1.82, 2.24) is 19.9 Å². The first-order valence-corrected chi connectivity index (χ1v) is 14.3. The van der Waals surface area contributed by atoms with Gasteiger partial charge in [0.25, 0.3) is 0 Å². The van der Waals surface area contributed by atoms with Crippen molar-refractivity contribution in [3.8, 4) is 23.1 Å². The van der Waals surface area contributed by atoms with Crippen LogP contribution in [-0.4, -0.2) is 41.5 Å². The Hall–Kier alpha value is -3.33. The highest BCUT2D eigenvalue weighted by molar-refractivity contribution is 6.74. The van der Waals surface area contributed by atoms with E-state index in [2.05, 4.69) is 49.3 Å². The zero-order valence-corrected chi connectivity index (χ0v) is 21.8. The lowest BCUT2D eigenvalue weighted by Crippen LogP contribution is -2.43. The lowest BCUT2D eigenvalue weighted by molar-refractivity contribution is -0.119. The van der Waals surface area contributed by atoms with E-state index in [0.29, 0.717) is 23.8 Å². The van der Waals surface area contributed by atoms with Crippen molar-refractivity contribution >= 4 is 30.8 Å². The molecule has 0 aliphatic heterocycles. The SMILES string of the molecule is CC(=O)NC[C@@H](C)Oc1ccc2ncc(-c3cc4ccc(O[Si](C)(C)C(C)(C)C)cc4o3)n2n1. The molecule has 0 aliphatic carbocycles. The number of rotatable bonds is 7. The topological polar surface area (TPSA) is 90.9 Å². The van der Waals surface area contributed by atoms with Gasteiger partial charge in [-0.2, -0.15) is 0 Å². The summed E-state index contributed by atoms with van der Waals surface area (Å²) < 4.78 is 20.2. The van der Waals surface area contributed by atoms with Crippen LogP contribution in [0.15, 0.2) is 47.0 Å². The molecule has 8 nitrogen and oxygen atoms in total. The predicted octanol–water partition coefficient (Wildman–Crippen LogP) is 5.43. The maximum Gasteiger partial charge on any atom is 0.250 e. The van der Waals surface area contributed by atoms with E-state index in [1.165, 1.54) is 6.92 Å². The third-order valence-corrected chi connectivity index (χ3v) is 10.6. The third-order valence-electron chi connectivity index (χ3n) is 6.22. The van der Waals surface area contributed by atoms with Crippen molar-refractivity contribution in [3.05, 3.63) is 42.6 Å². The Bertz CT molecular complexity index is 1340. The Balaban J connectivity index is 1.61. The summed E-state index contributed by atoms with van der Waals surface area (Å²) in [7, 11) is -1.95. The number of furan rings is 1. The summed E-state index contributed by atoms with van der Waals surface area (Å²) in [4.78, 5) is 15.6. The molecule has 0 aliphatic rings. The number of carbonyl (C=O) groups is 1. The lowest BCUT2D eigenvalue weighted by atomic mass is 10.2. The summed E-state index contributed by atoms with van der Waals surface area (Å²) in [6.07, 6.45) is 1.50. The molecule has 4 rings (SSSR count). The van der Waals surface area contributed by atoms with E-state index in [9.17, 15) is 4.79 Å². The molecule has 0 fully saturated rings. The molecule has 3 aromatic heterocycles. The third kappa shape index (κ3) is 4.94. The van der Waals surface area contributed by atoms with Gasteiger partial charge in [0.15, 0.2) is 11.4 Å². The second kappa shape index (κ2) is 8.79. The smallest absolute Gasteiger partial charge is 0.250 e. The fourth-order valence-electron chi connectivity index (χ4n) is 3.27. The fourth-order valence-corrected chi connectivity index (χ4v) is 4.29. The summed E-state index contributed by atoms with van der Waals surface area (Å²) in [5, 5.41) is 8.41. The minimum Gasteiger partial charge on any atom is -0.543 e. The molecule has 1 atom stereocenters. The maximum atomic E-state index is 11.1. The Morgan fingerprint density at radius 1 is 1.21 bits per heavy atom. The van der Waals surface area contributed by atoms with Crippen LogP contribution in [0.2, 0.25) is 18.1 Å². The number of nitrogens with zero attached hydrogens (tertiary/aromatic N) is 3. The minimum atomic E-state index is -1.95. The number of fused-ring (bicyclic) bond motifs is 2. The van der Waals surface area contributed by atoms with Crippen molar-refractivity contribution < 1.29 is 18.4 Å². The quantitative estimate of drug-likeness (QED) is 0.355. The van der Waals surface area contributed by atoms with Crippen LogP contribution in [0.3, 0.4) is 0 Å². The van der Waals surface area contributed by atoms with E-state index in [1.807, 2.05) is 37.3 Å². The summed E-state index contributed by atoms with van der Waals surface area (Å²) in [5.74, 6) is 1.81. The molecule has 180 valence electrons. The van der Waals surface area contributed by atoms with E-state index >= 15 is 0 Å². The molecule has 9 heteroatoms. The van der Waals surface area contributed by atoms with Crippen LogP contribution in [0.5, 0.6) is 11.6 Å². The molecule has 0 bridgehead atoms. The fraction of sp³-hybridized carbons (Fsp3) is 0.400. The van der Waals surface area contributed by atoms with Crippen LogP contribution in [0.4, 0.5) is 0 Å². The van der Waals surface area contributed by atoms with Gasteiger partial charge < -0.3 is 18.9 Å². The van der Waals surface area contributed by atoms with Gasteiger partial charge in [0, 0.05) is 24.4 Å². The average Bonchev–Trinajstić information content (AvgIpc) is 3.34. The van der Waals surface area contributed by atoms with Crippen LogP contribution < -0.4 is 14.5 Å². The first-order valence-electron chi connectivity index (χ1n) is 11.4.